The molecule has 0 saturated carbocycles. The van der Waals surface area contributed by atoms with E-state index >= 15 is 0 Å². The zero-order chi connectivity index (χ0) is 15.0. The van der Waals surface area contributed by atoms with Gasteiger partial charge in [-0.3, -0.25) is 0 Å². The van der Waals surface area contributed by atoms with Crippen LogP contribution in [0.2, 0.25) is 0 Å². The van der Waals surface area contributed by atoms with Crippen molar-refractivity contribution < 1.29 is 0 Å². The summed E-state index contributed by atoms with van der Waals surface area (Å²) >= 11 is 0. The van der Waals surface area contributed by atoms with Crippen LogP contribution in [-0.2, 0) is 0 Å². The first kappa shape index (κ1) is 17.0. The van der Waals surface area contributed by atoms with Gasteiger partial charge in [0.15, 0.2) is 0 Å². The first-order chi connectivity index (χ1) is 9.58. The quantitative estimate of drug-likeness (QED) is 0.729. The summed E-state index contributed by atoms with van der Waals surface area (Å²) in [5.41, 5.74) is 9.78. The lowest BCUT2D eigenvalue weighted by Crippen LogP contribution is -2.20. The standard InChI is InChI=1S/C18H32N2/c1-5-7-17(11-12-19)8-6-13-20(4)18-10-9-15(2)14-16(18)3/h9-10,14,17H,5-8,11-13,19H2,1-4H3. The molecule has 1 aromatic carbocycles. The average Bonchev–Trinajstić information content (AvgIpc) is 2.39. The highest BCUT2D eigenvalue weighted by atomic mass is 15.1. The molecule has 0 saturated heterocycles. The van der Waals surface area contributed by atoms with Crippen LogP contribution in [0.25, 0.3) is 0 Å². The highest BCUT2D eigenvalue weighted by molar-refractivity contribution is 5.53. The van der Waals surface area contributed by atoms with Crippen molar-refractivity contribution in [3.05, 3.63) is 29.3 Å². The van der Waals surface area contributed by atoms with Gasteiger partial charge in [0.2, 0.25) is 0 Å². The van der Waals surface area contributed by atoms with E-state index in [1.807, 2.05) is 0 Å². The van der Waals surface area contributed by atoms with E-state index in [1.54, 1.807) is 0 Å². The summed E-state index contributed by atoms with van der Waals surface area (Å²) in [7, 11) is 2.20. The fourth-order valence-corrected chi connectivity index (χ4v) is 3.05. The van der Waals surface area contributed by atoms with Crippen LogP contribution in [0.5, 0.6) is 0 Å². The molecule has 114 valence electrons. The minimum absolute atomic E-state index is 0.817. The third-order valence-corrected chi connectivity index (χ3v) is 4.14. The Bertz CT molecular complexity index is 381. The summed E-state index contributed by atoms with van der Waals surface area (Å²) in [5, 5.41) is 0. The van der Waals surface area contributed by atoms with Gasteiger partial charge in [-0.15, -0.1) is 0 Å². The topological polar surface area (TPSA) is 29.3 Å². The molecular formula is C18H32N2. The zero-order valence-electron chi connectivity index (χ0n) is 13.8. The fourth-order valence-electron chi connectivity index (χ4n) is 3.05. The summed E-state index contributed by atoms with van der Waals surface area (Å²) in [6.07, 6.45) is 6.35. The molecule has 1 aromatic rings. The van der Waals surface area contributed by atoms with Gasteiger partial charge in [0.05, 0.1) is 0 Å². The van der Waals surface area contributed by atoms with E-state index in [2.05, 4.69) is 50.9 Å². The Morgan fingerprint density at radius 3 is 2.50 bits per heavy atom. The van der Waals surface area contributed by atoms with Crippen LogP contribution in [0.15, 0.2) is 18.2 Å². The second kappa shape index (κ2) is 9.02. The maximum absolute atomic E-state index is 5.71. The molecule has 0 bridgehead atoms. The second-order valence-electron chi connectivity index (χ2n) is 6.09. The molecule has 2 nitrogen and oxygen atoms in total. The van der Waals surface area contributed by atoms with Crippen LogP contribution in [0.1, 0.15) is 50.2 Å². The number of nitrogens with two attached hydrogens (primary N) is 1. The first-order valence-corrected chi connectivity index (χ1v) is 8.07. The monoisotopic (exact) mass is 276 g/mol. The second-order valence-corrected chi connectivity index (χ2v) is 6.09. The van der Waals surface area contributed by atoms with Crippen LogP contribution in [0, 0.1) is 19.8 Å². The van der Waals surface area contributed by atoms with Crippen molar-refractivity contribution in [2.75, 3.05) is 25.0 Å². The molecule has 0 fully saturated rings. The number of hydrogen-bond acceptors (Lipinski definition) is 2. The molecule has 0 aliphatic heterocycles. The maximum atomic E-state index is 5.71. The molecule has 2 N–H and O–H groups in total. The minimum Gasteiger partial charge on any atom is -0.374 e. The molecule has 0 aliphatic carbocycles. The number of anilines is 1. The molecule has 1 unspecified atom stereocenters. The molecule has 0 aromatic heterocycles. The van der Waals surface area contributed by atoms with Crippen molar-refractivity contribution in [2.24, 2.45) is 11.7 Å². The molecule has 0 heterocycles. The highest BCUT2D eigenvalue weighted by Gasteiger charge is 2.09. The van der Waals surface area contributed by atoms with E-state index in [0.29, 0.717) is 0 Å². The lowest BCUT2D eigenvalue weighted by atomic mass is 9.94. The van der Waals surface area contributed by atoms with Crippen LogP contribution in [0.3, 0.4) is 0 Å². The average molecular weight is 276 g/mol. The van der Waals surface area contributed by atoms with Gasteiger partial charge >= 0.3 is 0 Å². The third kappa shape index (κ3) is 5.54. The van der Waals surface area contributed by atoms with Crippen molar-refractivity contribution in [1.82, 2.24) is 0 Å². The molecule has 0 radical (unpaired) electrons. The SMILES string of the molecule is CCCC(CCN)CCCN(C)c1ccc(C)cc1C. The van der Waals surface area contributed by atoms with E-state index in [1.165, 1.54) is 48.9 Å². The van der Waals surface area contributed by atoms with E-state index in [4.69, 9.17) is 5.73 Å². The molecular weight excluding hydrogens is 244 g/mol. The van der Waals surface area contributed by atoms with Crippen molar-refractivity contribution in [2.45, 2.75) is 52.9 Å². The Labute approximate surface area is 125 Å². The van der Waals surface area contributed by atoms with Crippen LogP contribution in [0.4, 0.5) is 5.69 Å². The van der Waals surface area contributed by atoms with Crippen LogP contribution in [-0.4, -0.2) is 20.1 Å². The van der Waals surface area contributed by atoms with Gasteiger partial charge in [-0.2, -0.15) is 0 Å². The minimum atomic E-state index is 0.817. The van der Waals surface area contributed by atoms with E-state index < -0.39 is 0 Å². The van der Waals surface area contributed by atoms with Gasteiger partial charge in [-0.1, -0.05) is 37.5 Å². The third-order valence-electron chi connectivity index (χ3n) is 4.14. The number of aryl methyl sites for hydroxylation is 2. The lowest BCUT2D eigenvalue weighted by molar-refractivity contribution is 0.410. The van der Waals surface area contributed by atoms with Gasteiger partial charge in [0, 0.05) is 19.3 Å². The van der Waals surface area contributed by atoms with Crippen LogP contribution < -0.4 is 10.6 Å². The highest BCUT2D eigenvalue weighted by Crippen LogP contribution is 2.22. The predicted octanol–water partition coefficient (Wildman–Crippen LogP) is 4.28. The first-order valence-electron chi connectivity index (χ1n) is 8.07. The van der Waals surface area contributed by atoms with Crippen molar-refractivity contribution in [1.29, 1.82) is 0 Å². The molecule has 0 spiro atoms. The Hall–Kier alpha value is -1.02. The number of benzene rings is 1. The molecule has 0 amide bonds. The molecule has 0 aliphatic rings. The summed E-state index contributed by atoms with van der Waals surface area (Å²) in [5.74, 6) is 0.817. The zero-order valence-corrected chi connectivity index (χ0v) is 13.8. The van der Waals surface area contributed by atoms with Gasteiger partial charge in [0.1, 0.15) is 0 Å². The summed E-state index contributed by atoms with van der Waals surface area (Å²) in [6, 6.07) is 6.71. The predicted molar refractivity (Wildman–Crippen MR) is 90.5 cm³/mol. The van der Waals surface area contributed by atoms with Crippen molar-refractivity contribution >= 4 is 5.69 Å². The van der Waals surface area contributed by atoms with E-state index in [-0.39, 0.29) is 0 Å². The van der Waals surface area contributed by atoms with E-state index in [9.17, 15) is 0 Å². The molecule has 2 heteroatoms. The fraction of sp³-hybridized carbons (Fsp3) is 0.667. The molecule has 1 rings (SSSR count). The van der Waals surface area contributed by atoms with Gasteiger partial charge in [0.25, 0.3) is 0 Å². The van der Waals surface area contributed by atoms with Crippen molar-refractivity contribution in [3.63, 3.8) is 0 Å². The lowest BCUT2D eigenvalue weighted by Gasteiger charge is -2.23. The Kier molecular flexibility index (Phi) is 7.68. The normalized spacial score (nSPS) is 12.4. The summed E-state index contributed by atoms with van der Waals surface area (Å²) in [6.45, 7) is 8.59. The van der Waals surface area contributed by atoms with Gasteiger partial charge in [-0.05, 0) is 57.2 Å². The largest absolute Gasteiger partial charge is 0.374 e. The number of hydrogen-bond donors (Lipinski definition) is 1. The summed E-state index contributed by atoms with van der Waals surface area (Å²) in [4.78, 5) is 2.39. The smallest absolute Gasteiger partial charge is 0.0393 e. The van der Waals surface area contributed by atoms with E-state index in [0.717, 1.165) is 19.0 Å². The Morgan fingerprint density at radius 2 is 1.90 bits per heavy atom. The van der Waals surface area contributed by atoms with Gasteiger partial charge in [-0.25, -0.2) is 0 Å². The molecule has 20 heavy (non-hydrogen) atoms. The number of nitrogens with zero attached hydrogens (tertiary/aromatic N) is 1. The number of rotatable bonds is 9. The summed E-state index contributed by atoms with van der Waals surface area (Å²) < 4.78 is 0. The Balaban J connectivity index is 2.44. The van der Waals surface area contributed by atoms with Crippen LogP contribution >= 0.6 is 0 Å². The Morgan fingerprint density at radius 1 is 1.15 bits per heavy atom. The van der Waals surface area contributed by atoms with Gasteiger partial charge < -0.3 is 10.6 Å². The molecule has 1 atom stereocenters. The van der Waals surface area contributed by atoms with Crippen molar-refractivity contribution in [3.8, 4) is 0 Å². The maximum Gasteiger partial charge on any atom is 0.0393 e.